The lowest BCUT2D eigenvalue weighted by molar-refractivity contribution is 0.600. The summed E-state index contributed by atoms with van der Waals surface area (Å²) in [6.45, 7) is 0.445. The molecule has 0 aliphatic rings. The molecule has 0 aliphatic heterocycles. The van der Waals surface area contributed by atoms with E-state index in [9.17, 15) is 8.42 Å². The number of aromatic nitrogens is 2. The number of benzene rings is 1. The molecule has 0 radical (unpaired) electrons. The van der Waals surface area contributed by atoms with Crippen molar-refractivity contribution in [1.82, 2.24) is 10.2 Å². The smallest absolute Gasteiger partial charge is 0.237 e. The summed E-state index contributed by atoms with van der Waals surface area (Å²) in [5, 5.41) is 6.21. The topological polar surface area (TPSA) is 101 Å². The normalized spacial score (nSPS) is 11.4. The molecule has 4 N–H and O–H groups in total. The monoisotopic (exact) mass is 266 g/mol. The van der Waals surface area contributed by atoms with E-state index in [-0.39, 0.29) is 5.75 Å². The van der Waals surface area contributed by atoms with E-state index in [2.05, 4.69) is 14.9 Å². The number of nitrogens with zero attached hydrogens (tertiary/aromatic N) is 1. The van der Waals surface area contributed by atoms with Crippen LogP contribution in [-0.4, -0.2) is 18.6 Å². The highest BCUT2D eigenvalue weighted by Crippen LogP contribution is 2.11. The Labute approximate surface area is 105 Å². The number of aromatic amines is 1. The average Bonchev–Trinajstić information content (AvgIpc) is 2.81. The van der Waals surface area contributed by atoms with Crippen LogP contribution in [0.4, 0.5) is 5.69 Å². The molecular weight excluding hydrogens is 252 g/mol. The van der Waals surface area contributed by atoms with Gasteiger partial charge in [-0.15, -0.1) is 0 Å². The van der Waals surface area contributed by atoms with Gasteiger partial charge in [-0.2, -0.15) is 5.10 Å². The molecule has 0 aliphatic carbocycles. The summed E-state index contributed by atoms with van der Waals surface area (Å²) in [4.78, 5) is 0. The summed E-state index contributed by atoms with van der Waals surface area (Å²) in [7, 11) is -3.42. The van der Waals surface area contributed by atoms with Gasteiger partial charge in [-0.1, -0.05) is 24.3 Å². The number of nitrogens with one attached hydrogen (secondary N) is 2. The molecule has 1 heterocycles. The van der Waals surface area contributed by atoms with E-state index in [0.717, 1.165) is 5.56 Å². The average molecular weight is 266 g/mol. The molecule has 0 atom stereocenters. The molecule has 96 valence electrons. The molecular formula is C11H14N4O2S. The molecule has 18 heavy (non-hydrogen) atoms. The van der Waals surface area contributed by atoms with Gasteiger partial charge in [0.2, 0.25) is 10.0 Å². The number of hydrogen-bond acceptors (Lipinski definition) is 4. The van der Waals surface area contributed by atoms with E-state index in [1.807, 2.05) is 12.1 Å². The number of hydrogen-bond donors (Lipinski definition) is 3. The number of H-pyrrole nitrogens is 1. The van der Waals surface area contributed by atoms with Gasteiger partial charge in [0.05, 0.1) is 17.6 Å². The maximum atomic E-state index is 11.8. The summed E-state index contributed by atoms with van der Waals surface area (Å²) in [5.74, 6) is -0.0803. The van der Waals surface area contributed by atoms with Crippen molar-refractivity contribution in [2.45, 2.75) is 12.3 Å². The zero-order valence-electron chi connectivity index (χ0n) is 9.63. The fourth-order valence-electron chi connectivity index (χ4n) is 1.51. The molecule has 0 saturated heterocycles. The second-order valence-electron chi connectivity index (χ2n) is 3.87. The van der Waals surface area contributed by atoms with Gasteiger partial charge in [0.1, 0.15) is 0 Å². The Morgan fingerprint density at radius 2 is 1.89 bits per heavy atom. The molecule has 7 heteroatoms. The first-order valence-electron chi connectivity index (χ1n) is 5.36. The SMILES string of the molecule is NCc1ccc(CS(=O)(=O)Nc2cn[nH]c2)cc1. The van der Waals surface area contributed by atoms with Gasteiger partial charge in [0, 0.05) is 12.7 Å². The highest BCUT2D eigenvalue weighted by Gasteiger charge is 2.12. The minimum atomic E-state index is -3.42. The van der Waals surface area contributed by atoms with Crippen LogP contribution in [0.5, 0.6) is 0 Å². The minimum absolute atomic E-state index is 0.0803. The Kier molecular flexibility index (Phi) is 3.63. The lowest BCUT2D eigenvalue weighted by Crippen LogP contribution is -2.14. The Balaban J connectivity index is 2.07. The molecule has 0 unspecified atom stereocenters. The quantitative estimate of drug-likeness (QED) is 0.745. The number of nitrogens with two attached hydrogens (primary N) is 1. The van der Waals surface area contributed by atoms with Crippen molar-refractivity contribution in [2.75, 3.05) is 4.72 Å². The number of anilines is 1. The lowest BCUT2D eigenvalue weighted by atomic mass is 10.1. The van der Waals surface area contributed by atoms with Crippen LogP contribution < -0.4 is 10.5 Å². The molecule has 6 nitrogen and oxygen atoms in total. The second-order valence-corrected chi connectivity index (χ2v) is 5.59. The van der Waals surface area contributed by atoms with Crippen LogP contribution in [0.2, 0.25) is 0 Å². The second kappa shape index (κ2) is 5.19. The summed E-state index contributed by atoms with van der Waals surface area (Å²) >= 11 is 0. The molecule has 2 rings (SSSR count). The third-order valence-electron chi connectivity index (χ3n) is 2.39. The molecule has 0 bridgehead atoms. The third kappa shape index (κ3) is 3.31. The molecule has 2 aromatic rings. The van der Waals surface area contributed by atoms with Crippen molar-refractivity contribution in [2.24, 2.45) is 5.73 Å². The Morgan fingerprint density at radius 1 is 1.22 bits per heavy atom. The fourth-order valence-corrected chi connectivity index (χ4v) is 2.69. The molecule has 0 fully saturated rings. The van der Waals surface area contributed by atoms with Gasteiger partial charge in [-0.3, -0.25) is 9.82 Å². The Hall–Kier alpha value is -1.86. The predicted octanol–water partition coefficient (Wildman–Crippen LogP) is 0.810. The van der Waals surface area contributed by atoms with Crippen molar-refractivity contribution in [3.05, 3.63) is 47.8 Å². The van der Waals surface area contributed by atoms with Gasteiger partial charge < -0.3 is 5.73 Å². The third-order valence-corrected chi connectivity index (χ3v) is 3.65. The zero-order chi connectivity index (χ0) is 13.0. The van der Waals surface area contributed by atoms with E-state index in [1.165, 1.54) is 12.4 Å². The van der Waals surface area contributed by atoms with Crippen LogP contribution in [0.3, 0.4) is 0 Å². The first kappa shape index (κ1) is 12.6. The number of rotatable bonds is 5. The van der Waals surface area contributed by atoms with Crippen LogP contribution in [-0.2, 0) is 22.3 Å². The maximum Gasteiger partial charge on any atom is 0.237 e. The van der Waals surface area contributed by atoms with Gasteiger partial charge in [0.15, 0.2) is 0 Å². The van der Waals surface area contributed by atoms with Gasteiger partial charge in [-0.05, 0) is 11.1 Å². The van der Waals surface area contributed by atoms with Crippen molar-refractivity contribution in [3.63, 3.8) is 0 Å². The molecule has 1 aromatic carbocycles. The Bertz CT molecular complexity index is 590. The summed E-state index contributed by atoms with van der Waals surface area (Å²) in [5.41, 5.74) is 7.58. The maximum absolute atomic E-state index is 11.8. The summed E-state index contributed by atoms with van der Waals surface area (Å²) in [6, 6.07) is 7.17. The van der Waals surface area contributed by atoms with Crippen LogP contribution in [0, 0.1) is 0 Å². The van der Waals surface area contributed by atoms with E-state index in [4.69, 9.17) is 5.73 Å². The fraction of sp³-hybridized carbons (Fsp3) is 0.182. The van der Waals surface area contributed by atoms with E-state index >= 15 is 0 Å². The first-order chi connectivity index (χ1) is 8.59. The van der Waals surface area contributed by atoms with Crippen LogP contribution >= 0.6 is 0 Å². The highest BCUT2D eigenvalue weighted by molar-refractivity contribution is 7.91. The molecule has 0 amide bonds. The van der Waals surface area contributed by atoms with Crippen LogP contribution in [0.15, 0.2) is 36.7 Å². The zero-order valence-corrected chi connectivity index (χ0v) is 10.4. The van der Waals surface area contributed by atoms with E-state index < -0.39 is 10.0 Å². The van der Waals surface area contributed by atoms with Gasteiger partial charge >= 0.3 is 0 Å². The standard InChI is InChI=1S/C11H14N4O2S/c12-5-9-1-3-10(4-2-9)8-18(16,17)15-11-6-13-14-7-11/h1-4,6-7,15H,5,8,12H2,(H,13,14). The lowest BCUT2D eigenvalue weighted by Gasteiger charge is -2.06. The van der Waals surface area contributed by atoms with Gasteiger partial charge in [-0.25, -0.2) is 8.42 Å². The van der Waals surface area contributed by atoms with Crippen molar-refractivity contribution in [3.8, 4) is 0 Å². The van der Waals surface area contributed by atoms with Crippen molar-refractivity contribution in [1.29, 1.82) is 0 Å². The number of sulfonamides is 1. The molecule has 0 spiro atoms. The van der Waals surface area contributed by atoms with Crippen LogP contribution in [0.25, 0.3) is 0 Å². The summed E-state index contributed by atoms with van der Waals surface area (Å²) < 4.78 is 26.1. The van der Waals surface area contributed by atoms with Gasteiger partial charge in [0.25, 0.3) is 0 Å². The summed E-state index contributed by atoms with van der Waals surface area (Å²) in [6.07, 6.45) is 2.89. The molecule has 1 aromatic heterocycles. The van der Waals surface area contributed by atoms with Crippen molar-refractivity contribution >= 4 is 15.7 Å². The van der Waals surface area contributed by atoms with Crippen molar-refractivity contribution < 1.29 is 8.42 Å². The van der Waals surface area contributed by atoms with E-state index in [0.29, 0.717) is 17.8 Å². The van der Waals surface area contributed by atoms with Crippen LogP contribution in [0.1, 0.15) is 11.1 Å². The molecule has 0 saturated carbocycles. The largest absolute Gasteiger partial charge is 0.326 e. The highest BCUT2D eigenvalue weighted by atomic mass is 32.2. The van der Waals surface area contributed by atoms with E-state index in [1.54, 1.807) is 12.1 Å². The minimum Gasteiger partial charge on any atom is -0.326 e. The predicted molar refractivity (Wildman–Crippen MR) is 69.2 cm³/mol. The Morgan fingerprint density at radius 3 is 2.44 bits per heavy atom. The first-order valence-corrected chi connectivity index (χ1v) is 7.01.